The Kier molecular flexibility index (Phi) is 16.3. The molecule has 6 heteroatoms. The van der Waals surface area contributed by atoms with Crippen LogP contribution in [0.2, 0.25) is 0 Å². The van der Waals surface area contributed by atoms with Crippen LogP contribution in [-0.4, -0.2) is 48.6 Å². The molecule has 2 saturated carbocycles. The quantitative estimate of drug-likeness (QED) is 0.0936. The molecule has 0 aromatic carbocycles. The number of ether oxygens (including phenoxy) is 2. The van der Waals surface area contributed by atoms with Crippen molar-refractivity contribution in [3.63, 3.8) is 0 Å². The number of hydrogen-bond acceptors (Lipinski definition) is 6. The summed E-state index contributed by atoms with van der Waals surface area (Å²) in [6.07, 6.45) is 19.2. The lowest BCUT2D eigenvalue weighted by molar-refractivity contribution is -0.150. The molecule has 0 heterocycles. The van der Waals surface area contributed by atoms with Gasteiger partial charge in [0.15, 0.2) is 0 Å². The van der Waals surface area contributed by atoms with Gasteiger partial charge < -0.3 is 19.7 Å². The van der Waals surface area contributed by atoms with Crippen LogP contribution in [0.1, 0.15) is 124 Å². The largest absolute Gasteiger partial charge is 0.462 e. The summed E-state index contributed by atoms with van der Waals surface area (Å²) in [5.41, 5.74) is 0.115. The summed E-state index contributed by atoms with van der Waals surface area (Å²) in [4.78, 5) is 24.9. The molecule has 0 bridgehead atoms. The minimum atomic E-state index is -0.526. The summed E-state index contributed by atoms with van der Waals surface area (Å²) >= 11 is 0. The van der Waals surface area contributed by atoms with Crippen LogP contribution in [0.15, 0.2) is 24.3 Å². The predicted octanol–water partition coefficient (Wildman–Crippen LogP) is 7.57. The molecule has 0 amide bonds. The summed E-state index contributed by atoms with van der Waals surface area (Å²) in [6, 6.07) is 0. The molecule has 2 fully saturated rings. The van der Waals surface area contributed by atoms with Crippen LogP contribution in [0.5, 0.6) is 0 Å². The second kappa shape index (κ2) is 18.8. The maximum atomic E-state index is 12.7. The zero-order chi connectivity index (χ0) is 30.3. The number of esters is 2. The van der Waals surface area contributed by atoms with E-state index in [2.05, 4.69) is 27.0 Å². The van der Waals surface area contributed by atoms with E-state index in [1.807, 2.05) is 0 Å². The van der Waals surface area contributed by atoms with Gasteiger partial charge in [-0.1, -0.05) is 78.4 Å². The Morgan fingerprint density at radius 3 is 1.78 bits per heavy atom. The van der Waals surface area contributed by atoms with E-state index in [1.165, 1.54) is 77.0 Å². The fourth-order valence-electron chi connectivity index (χ4n) is 6.94. The van der Waals surface area contributed by atoms with E-state index < -0.39 is 23.3 Å². The molecule has 0 aliphatic heterocycles. The van der Waals surface area contributed by atoms with Crippen molar-refractivity contribution in [2.24, 2.45) is 35.0 Å². The molecular weight excluding hydrogens is 516 g/mol. The highest BCUT2D eigenvalue weighted by atomic mass is 16.5. The Labute approximate surface area is 250 Å². The van der Waals surface area contributed by atoms with Gasteiger partial charge in [-0.25, -0.2) is 9.59 Å². The van der Waals surface area contributed by atoms with Crippen molar-refractivity contribution in [2.45, 2.75) is 124 Å². The standard InChI is InChI=1S/C35H60O6/c1-6-8-9-10-28-11-15-31(16-12-28)32-17-13-29(14-18-32)19-20-35(7-2,24-40-33(38)26(3)4)25-41-34(39)27(5)21-30(22-36)23-37/h28-32,36-37H,3,5-25H2,1-2,4H3. The van der Waals surface area contributed by atoms with E-state index in [9.17, 15) is 19.8 Å². The lowest BCUT2D eigenvalue weighted by Crippen LogP contribution is -2.35. The number of hydrogen-bond donors (Lipinski definition) is 2. The average molecular weight is 577 g/mol. The molecule has 2 aliphatic carbocycles. The van der Waals surface area contributed by atoms with E-state index in [4.69, 9.17) is 9.47 Å². The smallest absolute Gasteiger partial charge is 0.333 e. The first-order valence-corrected chi connectivity index (χ1v) is 16.6. The lowest BCUT2D eigenvalue weighted by atomic mass is 9.67. The highest BCUT2D eigenvalue weighted by Crippen LogP contribution is 2.44. The van der Waals surface area contributed by atoms with Gasteiger partial charge in [-0.15, -0.1) is 0 Å². The van der Waals surface area contributed by atoms with Gasteiger partial charge in [0.05, 0.1) is 0 Å². The van der Waals surface area contributed by atoms with Crippen molar-refractivity contribution < 1.29 is 29.3 Å². The van der Waals surface area contributed by atoms with Crippen LogP contribution in [0.4, 0.5) is 0 Å². The number of aliphatic hydroxyl groups is 2. The molecule has 0 aromatic rings. The average Bonchev–Trinajstić information content (AvgIpc) is 3.00. The third-order valence-corrected chi connectivity index (χ3v) is 10.2. The van der Waals surface area contributed by atoms with Crippen molar-refractivity contribution in [2.75, 3.05) is 26.4 Å². The van der Waals surface area contributed by atoms with Crippen molar-refractivity contribution in [1.29, 1.82) is 0 Å². The minimum Gasteiger partial charge on any atom is -0.462 e. The molecule has 0 spiro atoms. The summed E-state index contributed by atoms with van der Waals surface area (Å²) in [7, 11) is 0. The monoisotopic (exact) mass is 576 g/mol. The summed E-state index contributed by atoms with van der Waals surface area (Å²) in [5.74, 6) is 2.03. The molecule has 2 N–H and O–H groups in total. The van der Waals surface area contributed by atoms with Gasteiger partial charge in [0.25, 0.3) is 0 Å². The van der Waals surface area contributed by atoms with E-state index in [1.54, 1.807) is 6.92 Å². The maximum absolute atomic E-state index is 12.7. The van der Waals surface area contributed by atoms with Crippen LogP contribution in [0, 0.1) is 35.0 Å². The summed E-state index contributed by atoms with van der Waals surface area (Å²) in [6.45, 7) is 13.4. The zero-order valence-electron chi connectivity index (χ0n) is 26.5. The Morgan fingerprint density at radius 2 is 1.32 bits per heavy atom. The fourth-order valence-corrected chi connectivity index (χ4v) is 6.94. The van der Waals surface area contributed by atoms with Gasteiger partial charge in [0.1, 0.15) is 13.2 Å². The normalized spacial score (nSPS) is 24.4. The molecule has 41 heavy (non-hydrogen) atoms. The number of unbranched alkanes of at least 4 members (excludes halogenated alkanes) is 2. The van der Waals surface area contributed by atoms with Crippen molar-refractivity contribution in [1.82, 2.24) is 0 Å². The van der Waals surface area contributed by atoms with Gasteiger partial charge in [0.2, 0.25) is 0 Å². The van der Waals surface area contributed by atoms with Crippen LogP contribution < -0.4 is 0 Å². The molecular formula is C35H60O6. The van der Waals surface area contributed by atoms with Gasteiger partial charge in [-0.3, -0.25) is 0 Å². The Bertz CT molecular complexity index is 801. The summed E-state index contributed by atoms with van der Waals surface area (Å²) in [5, 5.41) is 18.7. The van der Waals surface area contributed by atoms with Gasteiger partial charge in [-0.2, -0.15) is 0 Å². The highest BCUT2D eigenvalue weighted by molar-refractivity contribution is 5.88. The predicted molar refractivity (Wildman–Crippen MR) is 165 cm³/mol. The number of rotatable bonds is 19. The Hall–Kier alpha value is -1.66. The van der Waals surface area contributed by atoms with Crippen molar-refractivity contribution >= 4 is 11.9 Å². The van der Waals surface area contributed by atoms with Gasteiger partial charge in [-0.05, 0) is 82.0 Å². The number of carbonyl (C=O) groups is 2. The third-order valence-electron chi connectivity index (χ3n) is 10.2. The SMILES string of the molecule is C=C(C)C(=O)OCC(CC)(CCC1CCC(C2CCC(CCCCC)CC2)CC1)COC(=O)C(=C)CC(CO)CO. The Morgan fingerprint density at radius 1 is 0.805 bits per heavy atom. The molecule has 0 radical (unpaired) electrons. The van der Waals surface area contributed by atoms with E-state index in [0.29, 0.717) is 17.9 Å². The van der Waals surface area contributed by atoms with E-state index >= 15 is 0 Å². The molecule has 6 nitrogen and oxygen atoms in total. The van der Waals surface area contributed by atoms with Crippen LogP contribution in [0.3, 0.4) is 0 Å². The molecule has 1 unspecified atom stereocenters. The van der Waals surface area contributed by atoms with E-state index in [-0.39, 0.29) is 38.4 Å². The highest BCUT2D eigenvalue weighted by Gasteiger charge is 2.35. The minimum absolute atomic E-state index is 0.143. The van der Waals surface area contributed by atoms with Crippen molar-refractivity contribution in [3.8, 4) is 0 Å². The number of aliphatic hydroxyl groups excluding tert-OH is 2. The molecule has 2 rings (SSSR count). The summed E-state index contributed by atoms with van der Waals surface area (Å²) < 4.78 is 11.3. The van der Waals surface area contributed by atoms with Crippen LogP contribution >= 0.6 is 0 Å². The molecule has 2 aliphatic rings. The first kappa shape index (κ1) is 35.5. The first-order chi connectivity index (χ1) is 19.7. The number of carbonyl (C=O) groups excluding carboxylic acids is 2. The van der Waals surface area contributed by atoms with E-state index in [0.717, 1.165) is 30.6 Å². The topological polar surface area (TPSA) is 93.1 Å². The zero-order valence-corrected chi connectivity index (χ0v) is 26.5. The first-order valence-electron chi connectivity index (χ1n) is 16.6. The van der Waals surface area contributed by atoms with Crippen LogP contribution in [0.25, 0.3) is 0 Å². The van der Waals surface area contributed by atoms with Gasteiger partial charge in [0, 0.05) is 35.7 Å². The Balaban J connectivity index is 1.88. The molecule has 1 atom stereocenters. The third kappa shape index (κ3) is 12.2. The lowest BCUT2D eigenvalue weighted by Gasteiger charge is -2.39. The molecule has 236 valence electrons. The van der Waals surface area contributed by atoms with Crippen molar-refractivity contribution in [3.05, 3.63) is 24.3 Å². The van der Waals surface area contributed by atoms with Gasteiger partial charge >= 0.3 is 11.9 Å². The fraction of sp³-hybridized carbons (Fsp3) is 0.829. The second-order valence-electron chi connectivity index (χ2n) is 13.4. The second-order valence-corrected chi connectivity index (χ2v) is 13.4. The maximum Gasteiger partial charge on any atom is 0.333 e. The molecule has 0 saturated heterocycles. The van der Waals surface area contributed by atoms with Crippen LogP contribution in [-0.2, 0) is 19.1 Å². The molecule has 0 aromatic heterocycles.